The first-order chi connectivity index (χ1) is 6.52. The molecule has 0 aromatic carbocycles. The van der Waals surface area contributed by atoms with Crippen LogP contribution >= 0.6 is 0 Å². The van der Waals surface area contributed by atoms with Crippen LogP contribution in [0, 0.1) is 41.4 Å². The van der Waals surface area contributed by atoms with Crippen LogP contribution in [0.15, 0.2) is 0 Å². The van der Waals surface area contributed by atoms with Crippen LogP contribution in [0.2, 0.25) is 0 Å². The summed E-state index contributed by atoms with van der Waals surface area (Å²) in [7, 11) is 0. The first kappa shape index (κ1) is 10.5. The van der Waals surface area contributed by atoms with Gasteiger partial charge in [-0.1, -0.05) is 34.6 Å². The second-order valence-corrected chi connectivity index (χ2v) is 6.47. The molecule has 0 heterocycles. The molecule has 2 fully saturated rings. The molecule has 0 spiro atoms. The fraction of sp³-hybridized carbons (Fsp3) is 1.00. The Morgan fingerprint density at radius 3 is 2.29 bits per heavy atom. The van der Waals surface area contributed by atoms with Crippen molar-refractivity contribution in [2.75, 3.05) is 0 Å². The number of rotatable bonds is 2. The van der Waals surface area contributed by atoms with Crippen molar-refractivity contribution < 1.29 is 0 Å². The van der Waals surface area contributed by atoms with Gasteiger partial charge in [0.2, 0.25) is 0 Å². The lowest BCUT2D eigenvalue weighted by atomic mass is 9.55. The van der Waals surface area contributed by atoms with Crippen molar-refractivity contribution in [3.05, 3.63) is 0 Å². The van der Waals surface area contributed by atoms with Gasteiger partial charge in [-0.25, -0.2) is 0 Å². The standard InChI is InChI=1S/C14H26/c1-8(2)6-12-11(5)13-7-9(3)10(4)14(12)13/h8-14H,6-7H2,1-5H3. The van der Waals surface area contributed by atoms with Crippen molar-refractivity contribution in [2.45, 2.75) is 47.5 Å². The van der Waals surface area contributed by atoms with Crippen molar-refractivity contribution in [1.82, 2.24) is 0 Å². The van der Waals surface area contributed by atoms with E-state index in [9.17, 15) is 0 Å². The van der Waals surface area contributed by atoms with Gasteiger partial charge in [0.15, 0.2) is 0 Å². The SMILES string of the molecule is CC(C)CC1C(C)C2CC(C)C(C)C12. The van der Waals surface area contributed by atoms with Gasteiger partial charge in [-0.2, -0.15) is 0 Å². The highest BCUT2D eigenvalue weighted by molar-refractivity contribution is 5.03. The zero-order valence-electron chi connectivity index (χ0n) is 10.5. The van der Waals surface area contributed by atoms with E-state index in [2.05, 4.69) is 34.6 Å². The van der Waals surface area contributed by atoms with Gasteiger partial charge in [-0.05, 0) is 54.3 Å². The van der Waals surface area contributed by atoms with Gasteiger partial charge in [0.1, 0.15) is 0 Å². The first-order valence-corrected chi connectivity index (χ1v) is 6.52. The van der Waals surface area contributed by atoms with Crippen LogP contribution in [0.3, 0.4) is 0 Å². The number of hydrogen-bond donors (Lipinski definition) is 0. The van der Waals surface area contributed by atoms with E-state index in [-0.39, 0.29) is 0 Å². The van der Waals surface area contributed by atoms with Crippen LogP contribution in [-0.4, -0.2) is 0 Å². The van der Waals surface area contributed by atoms with Gasteiger partial charge in [-0.15, -0.1) is 0 Å². The summed E-state index contributed by atoms with van der Waals surface area (Å²) in [4.78, 5) is 0. The van der Waals surface area contributed by atoms with Crippen LogP contribution in [0.5, 0.6) is 0 Å². The normalized spacial score (nSPS) is 51.9. The number of fused-ring (bicyclic) bond motifs is 1. The summed E-state index contributed by atoms with van der Waals surface area (Å²) in [6.07, 6.45) is 2.99. The lowest BCUT2D eigenvalue weighted by Crippen LogP contribution is -2.44. The average molecular weight is 194 g/mol. The highest BCUT2D eigenvalue weighted by atomic mass is 14.6. The Morgan fingerprint density at radius 1 is 1.07 bits per heavy atom. The molecule has 14 heavy (non-hydrogen) atoms. The maximum absolute atomic E-state index is 2.50. The van der Waals surface area contributed by atoms with Gasteiger partial charge in [0, 0.05) is 0 Å². The summed E-state index contributed by atoms with van der Waals surface area (Å²) < 4.78 is 0. The van der Waals surface area contributed by atoms with Gasteiger partial charge < -0.3 is 0 Å². The van der Waals surface area contributed by atoms with Crippen LogP contribution in [0.25, 0.3) is 0 Å². The molecule has 0 aromatic rings. The summed E-state index contributed by atoms with van der Waals surface area (Å²) in [5, 5.41) is 0. The third-order valence-corrected chi connectivity index (χ3v) is 5.23. The molecule has 0 bridgehead atoms. The largest absolute Gasteiger partial charge is 0.0628 e. The van der Waals surface area contributed by atoms with Gasteiger partial charge >= 0.3 is 0 Å². The van der Waals surface area contributed by atoms with Gasteiger partial charge in [0.05, 0.1) is 0 Å². The molecular weight excluding hydrogens is 168 g/mol. The molecule has 0 amide bonds. The monoisotopic (exact) mass is 194 g/mol. The van der Waals surface area contributed by atoms with E-state index in [1.54, 1.807) is 0 Å². The molecule has 2 aliphatic carbocycles. The predicted octanol–water partition coefficient (Wildman–Crippen LogP) is 4.21. The molecule has 2 saturated carbocycles. The highest BCUT2D eigenvalue weighted by Gasteiger charge is 2.54. The van der Waals surface area contributed by atoms with Crippen molar-refractivity contribution >= 4 is 0 Å². The van der Waals surface area contributed by atoms with E-state index in [1.165, 1.54) is 12.8 Å². The zero-order chi connectivity index (χ0) is 10.5. The van der Waals surface area contributed by atoms with Crippen molar-refractivity contribution in [2.24, 2.45) is 41.4 Å². The smallest absolute Gasteiger partial charge is 0.0324 e. The summed E-state index contributed by atoms with van der Waals surface area (Å²) in [5.41, 5.74) is 0. The van der Waals surface area contributed by atoms with Crippen molar-refractivity contribution in [3.8, 4) is 0 Å². The van der Waals surface area contributed by atoms with Gasteiger partial charge in [0.25, 0.3) is 0 Å². The molecule has 2 aliphatic rings. The molecule has 0 nitrogen and oxygen atoms in total. The molecule has 0 heteroatoms. The van der Waals surface area contributed by atoms with Crippen LogP contribution in [-0.2, 0) is 0 Å². The molecule has 0 radical (unpaired) electrons. The summed E-state index contributed by atoms with van der Waals surface area (Å²) in [5.74, 6) is 7.14. The Bertz CT molecular complexity index is 206. The minimum Gasteiger partial charge on any atom is -0.0628 e. The molecule has 2 rings (SSSR count). The zero-order valence-corrected chi connectivity index (χ0v) is 10.5. The van der Waals surface area contributed by atoms with Crippen molar-refractivity contribution in [3.63, 3.8) is 0 Å². The predicted molar refractivity (Wildman–Crippen MR) is 62.0 cm³/mol. The first-order valence-electron chi connectivity index (χ1n) is 6.52. The third-order valence-electron chi connectivity index (χ3n) is 5.23. The van der Waals surface area contributed by atoms with Crippen LogP contribution in [0.4, 0.5) is 0 Å². The number of hydrogen-bond acceptors (Lipinski definition) is 0. The topological polar surface area (TPSA) is 0 Å². The Hall–Kier alpha value is 0. The van der Waals surface area contributed by atoms with Crippen LogP contribution in [0.1, 0.15) is 47.5 Å². The second-order valence-electron chi connectivity index (χ2n) is 6.47. The third kappa shape index (κ3) is 1.42. The fourth-order valence-electron chi connectivity index (χ4n) is 4.28. The maximum Gasteiger partial charge on any atom is -0.0324 e. The van der Waals surface area contributed by atoms with E-state index in [4.69, 9.17) is 0 Å². The second kappa shape index (κ2) is 3.54. The molecule has 0 aliphatic heterocycles. The fourth-order valence-corrected chi connectivity index (χ4v) is 4.28. The van der Waals surface area contributed by atoms with E-state index < -0.39 is 0 Å². The Morgan fingerprint density at radius 2 is 1.71 bits per heavy atom. The molecule has 0 N–H and O–H groups in total. The Balaban J connectivity index is 2.01. The van der Waals surface area contributed by atoms with E-state index >= 15 is 0 Å². The Kier molecular flexibility index (Phi) is 2.66. The quantitative estimate of drug-likeness (QED) is 0.618. The molecular formula is C14H26. The van der Waals surface area contributed by atoms with Gasteiger partial charge in [-0.3, -0.25) is 0 Å². The molecule has 0 aromatic heterocycles. The maximum atomic E-state index is 2.50. The van der Waals surface area contributed by atoms with E-state index in [0.717, 1.165) is 41.4 Å². The lowest BCUT2D eigenvalue weighted by molar-refractivity contribution is -0.0196. The molecule has 82 valence electrons. The minimum atomic E-state index is 0.895. The Labute approximate surface area is 89.5 Å². The van der Waals surface area contributed by atoms with E-state index in [0.29, 0.717) is 0 Å². The van der Waals surface area contributed by atoms with E-state index in [1.807, 2.05) is 0 Å². The molecule has 6 unspecified atom stereocenters. The van der Waals surface area contributed by atoms with Crippen molar-refractivity contribution in [1.29, 1.82) is 0 Å². The summed E-state index contributed by atoms with van der Waals surface area (Å²) >= 11 is 0. The average Bonchev–Trinajstić information content (AvgIpc) is 2.37. The minimum absolute atomic E-state index is 0.895. The summed E-state index contributed by atoms with van der Waals surface area (Å²) in [6, 6.07) is 0. The lowest BCUT2D eigenvalue weighted by Gasteiger charge is -2.50. The molecule has 0 saturated heterocycles. The van der Waals surface area contributed by atoms with Crippen LogP contribution < -0.4 is 0 Å². The molecule has 6 atom stereocenters. The highest BCUT2D eigenvalue weighted by Crippen LogP contribution is 2.61. The summed E-state index contributed by atoms with van der Waals surface area (Å²) in [6.45, 7) is 12.2.